The molecule has 0 heterocycles. The molecule has 2 rings (SSSR count). The first-order chi connectivity index (χ1) is 10.6. The van der Waals surface area contributed by atoms with Gasteiger partial charge in [-0.3, -0.25) is 4.79 Å². The summed E-state index contributed by atoms with van der Waals surface area (Å²) in [6.07, 6.45) is -1.32. The van der Waals surface area contributed by atoms with Crippen molar-refractivity contribution in [1.82, 2.24) is 0 Å². The summed E-state index contributed by atoms with van der Waals surface area (Å²) in [6, 6.07) is 12.7. The number of carbonyl (C=O) groups excluding carboxylic acids is 1. The Hall–Kier alpha value is -2.68. The van der Waals surface area contributed by atoms with Gasteiger partial charge in [0, 0.05) is 11.1 Å². The maximum atomic E-state index is 12.3. The van der Waals surface area contributed by atoms with Gasteiger partial charge in [0.15, 0.2) is 5.78 Å². The minimum atomic E-state index is -1.32. The van der Waals surface area contributed by atoms with E-state index in [9.17, 15) is 15.0 Å². The van der Waals surface area contributed by atoms with Gasteiger partial charge < -0.3 is 14.9 Å². The molecule has 1 atom stereocenters. The number of ketones is 1. The van der Waals surface area contributed by atoms with E-state index in [0.717, 1.165) is 0 Å². The summed E-state index contributed by atoms with van der Waals surface area (Å²) in [5, 5.41) is 28.1. The average Bonchev–Trinajstić information content (AvgIpc) is 2.59. The SMILES string of the molecule is COc1cc(C(=O)C(O)c2ccc(C#N)cc2)ccc1CO. The van der Waals surface area contributed by atoms with Gasteiger partial charge in [-0.2, -0.15) is 5.26 Å². The molecular formula is C17H15NO4. The van der Waals surface area contributed by atoms with Gasteiger partial charge in [-0.25, -0.2) is 0 Å². The van der Waals surface area contributed by atoms with Crippen molar-refractivity contribution in [2.75, 3.05) is 7.11 Å². The van der Waals surface area contributed by atoms with Gasteiger partial charge in [0.05, 0.1) is 25.3 Å². The first-order valence-corrected chi connectivity index (χ1v) is 6.60. The fourth-order valence-corrected chi connectivity index (χ4v) is 2.08. The molecule has 0 amide bonds. The zero-order valence-electron chi connectivity index (χ0n) is 12.0. The number of rotatable bonds is 5. The molecule has 0 fully saturated rings. The van der Waals surface area contributed by atoms with Gasteiger partial charge in [-0.15, -0.1) is 0 Å². The molecule has 5 heteroatoms. The number of methoxy groups -OCH3 is 1. The van der Waals surface area contributed by atoms with Crippen molar-refractivity contribution in [1.29, 1.82) is 5.26 Å². The largest absolute Gasteiger partial charge is 0.496 e. The smallest absolute Gasteiger partial charge is 0.195 e. The van der Waals surface area contributed by atoms with Gasteiger partial charge >= 0.3 is 0 Å². The summed E-state index contributed by atoms with van der Waals surface area (Å²) in [7, 11) is 1.44. The third-order valence-electron chi connectivity index (χ3n) is 3.35. The quantitative estimate of drug-likeness (QED) is 0.823. The highest BCUT2D eigenvalue weighted by molar-refractivity contribution is 6.00. The van der Waals surface area contributed by atoms with Gasteiger partial charge in [-0.1, -0.05) is 24.3 Å². The number of nitrogens with zero attached hydrogens (tertiary/aromatic N) is 1. The van der Waals surface area contributed by atoms with E-state index in [4.69, 9.17) is 10.00 Å². The normalized spacial score (nSPS) is 11.5. The molecule has 0 aliphatic carbocycles. The zero-order chi connectivity index (χ0) is 16.1. The minimum Gasteiger partial charge on any atom is -0.496 e. The van der Waals surface area contributed by atoms with Crippen LogP contribution in [0.15, 0.2) is 42.5 Å². The Balaban J connectivity index is 2.28. The van der Waals surface area contributed by atoms with Crippen molar-refractivity contribution in [3.63, 3.8) is 0 Å². The number of nitriles is 1. The van der Waals surface area contributed by atoms with Crippen LogP contribution in [0.4, 0.5) is 0 Å². The molecule has 0 saturated heterocycles. The Morgan fingerprint density at radius 1 is 1.27 bits per heavy atom. The minimum absolute atomic E-state index is 0.199. The summed E-state index contributed by atoms with van der Waals surface area (Å²) in [5.74, 6) is -0.0899. The molecule has 5 nitrogen and oxygen atoms in total. The average molecular weight is 297 g/mol. The fourth-order valence-electron chi connectivity index (χ4n) is 2.08. The van der Waals surface area contributed by atoms with E-state index in [1.807, 2.05) is 6.07 Å². The summed E-state index contributed by atoms with van der Waals surface area (Å²) >= 11 is 0. The highest BCUT2D eigenvalue weighted by Gasteiger charge is 2.20. The number of Topliss-reactive ketones (excluding diaryl/α,β-unsaturated/α-hetero) is 1. The van der Waals surface area contributed by atoms with Crippen molar-refractivity contribution in [3.05, 3.63) is 64.7 Å². The van der Waals surface area contributed by atoms with Crippen molar-refractivity contribution in [2.24, 2.45) is 0 Å². The van der Waals surface area contributed by atoms with E-state index in [-0.39, 0.29) is 12.2 Å². The van der Waals surface area contributed by atoms with Gasteiger partial charge in [-0.05, 0) is 23.8 Å². The number of ether oxygens (including phenoxy) is 1. The summed E-state index contributed by atoms with van der Waals surface area (Å²) in [4.78, 5) is 12.3. The molecule has 2 N–H and O–H groups in total. The van der Waals surface area contributed by atoms with Gasteiger partial charge in [0.2, 0.25) is 0 Å². The lowest BCUT2D eigenvalue weighted by atomic mass is 9.98. The van der Waals surface area contributed by atoms with Gasteiger partial charge in [0.25, 0.3) is 0 Å². The Bertz CT molecular complexity index is 716. The van der Waals surface area contributed by atoms with Crippen LogP contribution in [-0.4, -0.2) is 23.1 Å². The number of aliphatic hydroxyl groups excluding tert-OH is 2. The Morgan fingerprint density at radius 2 is 1.95 bits per heavy atom. The van der Waals surface area contributed by atoms with E-state index in [1.165, 1.54) is 19.2 Å². The van der Waals surface area contributed by atoms with E-state index in [2.05, 4.69) is 0 Å². The number of benzene rings is 2. The molecule has 0 saturated carbocycles. The van der Waals surface area contributed by atoms with E-state index in [0.29, 0.717) is 22.4 Å². The van der Waals surface area contributed by atoms with E-state index >= 15 is 0 Å². The second-order valence-electron chi connectivity index (χ2n) is 4.69. The molecule has 0 spiro atoms. The highest BCUT2D eigenvalue weighted by atomic mass is 16.5. The van der Waals surface area contributed by atoms with Crippen LogP contribution in [0.25, 0.3) is 0 Å². The van der Waals surface area contributed by atoms with Crippen LogP contribution in [0.5, 0.6) is 5.75 Å². The predicted molar refractivity (Wildman–Crippen MR) is 79.4 cm³/mol. The number of aliphatic hydroxyl groups is 2. The molecule has 0 aliphatic rings. The molecular weight excluding hydrogens is 282 g/mol. The lowest BCUT2D eigenvalue weighted by molar-refractivity contribution is 0.0747. The van der Waals surface area contributed by atoms with E-state index in [1.54, 1.807) is 30.3 Å². The maximum absolute atomic E-state index is 12.3. The Labute approximate surface area is 128 Å². The van der Waals surface area contributed by atoms with Crippen LogP contribution in [0.3, 0.4) is 0 Å². The van der Waals surface area contributed by atoms with Crippen molar-refractivity contribution in [3.8, 4) is 11.8 Å². The second-order valence-corrected chi connectivity index (χ2v) is 4.69. The summed E-state index contributed by atoms with van der Waals surface area (Å²) in [5.41, 5.74) is 1.71. The van der Waals surface area contributed by atoms with Crippen LogP contribution in [0, 0.1) is 11.3 Å². The Morgan fingerprint density at radius 3 is 2.50 bits per heavy atom. The van der Waals surface area contributed by atoms with E-state index < -0.39 is 11.9 Å². The molecule has 2 aromatic rings. The predicted octanol–water partition coefficient (Wildman–Crippen LogP) is 1.98. The first-order valence-electron chi connectivity index (χ1n) is 6.60. The molecule has 0 bridgehead atoms. The first kappa shape index (κ1) is 15.7. The third kappa shape index (κ3) is 3.14. The molecule has 112 valence electrons. The number of carbonyl (C=O) groups is 1. The second kappa shape index (κ2) is 6.85. The third-order valence-corrected chi connectivity index (χ3v) is 3.35. The molecule has 0 radical (unpaired) electrons. The lowest BCUT2D eigenvalue weighted by Crippen LogP contribution is -2.12. The van der Waals surface area contributed by atoms with Crippen LogP contribution >= 0.6 is 0 Å². The maximum Gasteiger partial charge on any atom is 0.195 e. The van der Waals surface area contributed by atoms with Crippen LogP contribution in [0.2, 0.25) is 0 Å². The molecule has 0 aliphatic heterocycles. The Kier molecular flexibility index (Phi) is 4.89. The highest BCUT2D eigenvalue weighted by Crippen LogP contribution is 2.24. The standard InChI is InChI=1S/C17H15NO4/c1-22-15-8-13(6-7-14(15)10-19)17(21)16(20)12-4-2-11(9-18)3-5-12/h2-8,16,19-20H,10H2,1H3. The molecule has 0 aromatic heterocycles. The lowest BCUT2D eigenvalue weighted by Gasteiger charge is -2.12. The number of hydrogen-bond donors (Lipinski definition) is 2. The van der Waals surface area contributed by atoms with Gasteiger partial charge in [0.1, 0.15) is 11.9 Å². The summed E-state index contributed by atoms with van der Waals surface area (Å²) in [6.45, 7) is -0.199. The van der Waals surface area contributed by atoms with Crippen LogP contribution in [0.1, 0.15) is 33.2 Å². The zero-order valence-corrected chi connectivity index (χ0v) is 12.0. The number of hydrogen-bond acceptors (Lipinski definition) is 5. The van der Waals surface area contributed by atoms with Crippen LogP contribution in [-0.2, 0) is 6.61 Å². The van der Waals surface area contributed by atoms with Crippen molar-refractivity contribution < 1.29 is 19.7 Å². The molecule has 1 unspecified atom stereocenters. The molecule has 2 aromatic carbocycles. The monoisotopic (exact) mass is 297 g/mol. The van der Waals surface area contributed by atoms with Crippen molar-refractivity contribution >= 4 is 5.78 Å². The topological polar surface area (TPSA) is 90.5 Å². The molecule has 22 heavy (non-hydrogen) atoms. The fraction of sp³-hybridized carbons (Fsp3) is 0.176. The van der Waals surface area contributed by atoms with Crippen molar-refractivity contribution in [2.45, 2.75) is 12.7 Å². The summed E-state index contributed by atoms with van der Waals surface area (Å²) < 4.78 is 5.11. The van der Waals surface area contributed by atoms with Crippen LogP contribution < -0.4 is 4.74 Å².